The second-order valence-electron chi connectivity index (χ2n) is 9.09. The van der Waals surface area contributed by atoms with E-state index in [0.717, 1.165) is 12.1 Å². The lowest BCUT2D eigenvalue weighted by atomic mass is 10.2. The van der Waals surface area contributed by atoms with Gasteiger partial charge in [-0.2, -0.15) is 23.4 Å². The highest BCUT2D eigenvalue weighted by molar-refractivity contribution is 6.05. The van der Waals surface area contributed by atoms with Crippen molar-refractivity contribution in [1.29, 1.82) is 0 Å². The highest BCUT2D eigenvalue weighted by Crippen LogP contribution is 2.36. The number of rotatable bonds is 7. The van der Waals surface area contributed by atoms with Crippen molar-refractivity contribution in [3.63, 3.8) is 0 Å². The standard InChI is InChI=1S/C25H20F6N8O2/c26-17-10-14(36-23(40)15-11-35-39(21(15)25(29,30)31)20-2-1-7-34-37-20)3-4-19(17)41-18-5-8-33-22(32)16(18)12-38-9-6-24(27,28)13-38/h1-5,7-8,10-11H,6,9,12-13H2,(H2,32,33)(H,36,40). The molecule has 1 saturated heterocycles. The summed E-state index contributed by atoms with van der Waals surface area (Å²) in [6, 6.07) is 7.17. The number of alkyl halides is 5. The van der Waals surface area contributed by atoms with Gasteiger partial charge in [-0.3, -0.25) is 9.69 Å². The number of hydrogen-bond donors (Lipinski definition) is 2. The number of anilines is 2. The number of halogens is 6. The molecule has 0 spiro atoms. The molecule has 214 valence electrons. The summed E-state index contributed by atoms with van der Waals surface area (Å²) in [6.45, 7) is -0.362. The van der Waals surface area contributed by atoms with Crippen molar-refractivity contribution in [2.45, 2.75) is 25.1 Å². The van der Waals surface area contributed by atoms with E-state index in [-0.39, 0.29) is 53.9 Å². The third-order valence-electron chi connectivity index (χ3n) is 6.14. The Labute approximate surface area is 227 Å². The second-order valence-corrected chi connectivity index (χ2v) is 9.09. The van der Waals surface area contributed by atoms with E-state index in [0.29, 0.717) is 10.9 Å². The van der Waals surface area contributed by atoms with Gasteiger partial charge < -0.3 is 15.8 Å². The van der Waals surface area contributed by atoms with Gasteiger partial charge in [0.25, 0.3) is 11.8 Å². The van der Waals surface area contributed by atoms with Crippen LogP contribution >= 0.6 is 0 Å². The molecule has 0 saturated carbocycles. The SMILES string of the molecule is Nc1nccc(Oc2ccc(NC(=O)c3cnn(-c4cccnn4)c3C(F)(F)F)cc2F)c1CN1CCC(F)(F)C1. The number of hydrogen-bond acceptors (Lipinski definition) is 8. The van der Waals surface area contributed by atoms with Gasteiger partial charge in [-0.25, -0.2) is 22.8 Å². The Morgan fingerprint density at radius 3 is 2.61 bits per heavy atom. The number of aromatic nitrogens is 5. The molecule has 4 heterocycles. The molecule has 0 bridgehead atoms. The van der Waals surface area contributed by atoms with Crippen LogP contribution in [-0.2, 0) is 12.7 Å². The fourth-order valence-corrected chi connectivity index (χ4v) is 4.26. The van der Waals surface area contributed by atoms with E-state index in [9.17, 15) is 31.1 Å². The smallest absolute Gasteiger partial charge is 0.434 e. The van der Waals surface area contributed by atoms with Gasteiger partial charge in [0.2, 0.25) is 0 Å². The quantitative estimate of drug-likeness (QED) is 0.303. The summed E-state index contributed by atoms with van der Waals surface area (Å²) in [6.07, 6.45) is -2.02. The number of pyridine rings is 1. The predicted octanol–water partition coefficient (Wildman–Crippen LogP) is 4.68. The molecular weight excluding hydrogens is 558 g/mol. The van der Waals surface area contributed by atoms with E-state index in [2.05, 4.69) is 25.6 Å². The number of carbonyl (C=O) groups is 1. The first kappa shape index (κ1) is 27.8. The van der Waals surface area contributed by atoms with Crippen LogP contribution in [-0.4, -0.2) is 54.8 Å². The minimum Gasteiger partial charge on any atom is -0.454 e. The first-order chi connectivity index (χ1) is 19.4. The van der Waals surface area contributed by atoms with Crippen LogP contribution in [0.5, 0.6) is 11.5 Å². The van der Waals surface area contributed by atoms with Crippen LogP contribution in [0.4, 0.5) is 37.8 Å². The number of benzene rings is 1. The van der Waals surface area contributed by atoms with Gasteiger partial charge in [-0.15, -0.1) is 5.10 Å². The van der Waals surface area contributed by atoms with Gasteiger partial charge in [0.05, 0.1) is 23.9 Å². The summed E-state index contributed by atoms with van der Waals surface area (Å²) in [7, 11) is 0. The molecule has 41 heavy (non-hydrogen) atoms. The number of ether oxygens (including phenoxy) is 1. The van der Waals surface area contributed by atoms with Crippen LogP contribution in [0.1, 0.15) is 28.0 Å². The zero-order valence-corrected chi connectivity index (χ0v) is 20.9. The van der Waals surface area contributed by atoms with Crippen LogP contribution < -0.4 is 15.8 Å². The minimum atomic E-state index is -4.99. The Balaban J connectivity index is 1.35. The zero-order chi connectivity index (χ0) is 29.4. The van der Waals surface area contributed by atoms with Gasteiger partial charge in [0, 0.05) is 43.7 Å². The van der Waals surface area contributed by atoms with Crippen LogP contribution in [0.3, 0.4) is 0 Å². The van der Waals surface area contributed by atoms with E-state index in [1.54, 1.807) is 0 Å². The monoisotopic (exact) mass is 578 g/mol. The maximum absolute atomic E-state index is 15.0. The molecule has 4 aromatic rings. The van der Waals surface area contributed by atoms with Gasteiger partial charge in [0.1, 0.15) is 11.6 Å². The van der Waals surface area contributed by atoms with Crippen LogP contribution in [0.25, 0.3) is 5.82 Å². The third kappa shape index (κ3) is 6.06. The van der Waals surface area contributed by atoms with Crippen molar-refractivity contribution >= 4 is 17.4 Å². The number of nitrogens with one attached hydrogen (secondary N) is 1. The number of amides is 1. The van der Waals surface area contributed by atoms with Crippen molar-refractivity contribution in [3.8, 4) is 17.3 Å². The molecule has 3 aromatic heterocycles. The Bertz CT molecular complexity index is 1580. The Morgan fingerprint density at radius 1 is 1.15 bits per heavy atom. The molecule has 1 aliphatic rings. The number of nitrogens with two attached hydrogens (primary N) is 1. The highest BCUT2D eigenvalue weighted by Gasteiger charge is 2.41. The lowest BCUT2D eigenvalue weighted by molar-refractivity contribution is -0.143. The number of likely N-dealkylation sites (tertiary alicyclic amines) is 1. The molecule has 1 amide bonds. The summed E-state index contributed by atoms with van der Waals surface area (Å²) in [5.74, 6) is -5.48. The molecule has 0 radical (unpaired) electrons. The molecule has 1 aromatic carbocycles. The minimum absolute atomic E-state index is 0.00978. The van der Waals surface area contributed by atoms with Crippen molar-refractivity contribution in [2.75, 3.05) is 24.1 Å². The molecule has 5 rings (SSSR count). The predicted molar refractivity (Wildman–Crippen MR) is 132 cm³/mol. The fraction of sp³-hybridized carbons (Fsp3) is 0.240. The number of carbonyl (C=O) groups excluding carboxylic acids is 1. The second kappa shape index (κ2) is 10.7. The molecular formula is C25H20F6N8O2. The molecule has 1 fully saturated rings. The van der Waals surface area contributed by atoms with Gasteiger partial charge in [-0.1, -0.05) is 0 Å². The topological polar surface area (TPSA) is 124 Å². The zero-order valence-electron chi connectivity index (χ0n) is 20.9. The van der Waals surface area contributed by atoms with E-state index in [4.69, 9.17) is 10.5 Å². The molecule has 16 heteroatoms. The van der Waals surface area contributed by atoms with Crippen molar-refractivity contribution in [3.05, 3.63) is 77.6 Å². The highest BCUT2D eigenvalue weighted by atomic mass is 19.4. The fourth-order valence-electron chi connectivity index (χ4n) is 4.26. The van der Waals surface area contributed by atoms with Gasteiger partial charge in [-0.05, 0) is 30.3 Å². The molecule has 0 aliphatic carbocycles. The van der Waals surface area contributed by atoms with E-state index in [1.807, 2.05) is 0 Å². The van der Waals surface area contributed by atoms with Gasteiger partial charge in [0.15, 0.2) is 23.1 Å². The summed E-state index contributed by atoms with van der Waals surface area (Å²) >= 11 is 0. The van der Waals surface area contributed by atoms with Crippen LogP contribution in [0.15, 0.2) is 55.0 Å². The lowest BCUT2D eigenvalue weighted by Crippen LogP contribution is -2.25. The average Bonchev–Trinajstić information content (AvgIpc) is 3.51. The van der Waals surface area contributed by atoms with Crippen molar-refractivity contribution in [2.24, 2.45) is 0 Å². The lowest BCUT2D eigenvalue weighted by Gasteiger charge is -2.19. The summed E-state index contributed by atoms with van der Waals surface area (Å²) in [4.78, 5) is 18.2. The average molecular weight is 578 g/mol. The largest absolute Gasteiger partial charge is 0.454 e. The number of nitrogens with zero attached hydrogens (tertiary/aromatic N) is 6. The molecule has 3 N–H and O–H groups in total. The first-order valence-electron chi connectivity index (χ1n) is 12.0. The molecule has 0 atom stereocenters. The molecule has 10 nitrogen and oxygen atoms in total. The third-order valence-corrected chi connectivity index (χ3v) is 6.14. The Morgan fingerprint density at radius 2 is 1.95 bits per heavy atom. The van der Waals surface area contributed by atoms with Crippen molar-refractivity contribution in [1.82, 2.24) is 29.9 Å². The summed E-state index contributed by atoms with van der Waals surface area (Å²) in [5, 5.41) is 13.0. The Hall–Kier alpha value is -4.73. The maximum Gasteiger partial charge on any atom is 0.434 e. The van der Waals surface area contributed by atoms with E-state index >= 15 is 0 Å². The molecule has 0 unspecified atom stereocenters. The normalized spacial score (nSPS) is 15.2. The van der Waals surface area contributed by atoms with Crippen LogP contribution in [0.2, 0.25) is 0 Å². The van der Waals surface area contributed by atoms with Crippen LogP contribution in [0, 0.1) is 5.82 Å². The Kier molecular flexibility index (Phi) is 7.25. The van der Waals surface area contributed by atoms with E-state index < -0.39 is 41.6 Å². The van der Waals surface area contributed by atoms with Gasteiger partial charge >= 0.3 is 6.18 Å². The summed E-state index contributed by atoms with van der Waals surface area (Å²) in [5.41, 5.74) is 3.82. The summed E-state index contributed by atoms with van der Waals surface area (Å²) < 4.78 is 89.9. The first-order valence-corrected chi connectivity index (χ1v) is 12.0. The number of nitrogen functional groups attached to an aromatic ring is 1. The van der Waals surface area contributed by atoms with E-state index in [1.165, 1.54) is 41.6 Å². The molecule has 1 aliphatic heterocycles. The van der Waals surface area contributed by atoms with Crippen molar-refractivity contribution < 1.29 is 35.9 Å². The maximum atomic E-state index is 15.0.